The number of aromatic nitrogens is 3. The van der Waals surface area contributed by atoms with Gasteiger partial charge in [-0.05, 0) is 36.8 Å². The summed E-state index contributed by atoms with van der Waals surface area (Å²) < 4.78 is 6.77. The number of likely N-dealkylation sites (N-methyl/N-ethyl adjacent to an activating group) is 1. The van der Waals surface area contributed by atoms with Gasteiger partial charge in [0.2, 0.25) is 5.91 Å². The molecule has 0 aliphatic carbocycles. The number of carbonyl (C=O) groups excluding carboxylic acids is 1. The Kier molecular flexibility index (Phi) is 5.13. The highest BCUT2D eigenvalue weighted by atomic mass is 32.1. The monoisotopic (exact) mass is 374 g/mol. The third-order valence-corrected chi connectivity index (χ3v) is 4.83. The Morgan fingerprint density at radius 3 is 2.77 bits per heavy atom. The Labute approximate surface area is 155 Å². The zero-order valence-corrected chi connectivity index (χ0v) is 15.9. The van der Waals surface area contributed by atoms with Crippen LogP contribution in [-0.4, -0.2) is 46.0 Å². The summed E-state index contributed by atoms with van der Waals surface area (Å²) in [6.45, 7) is 2.65. The van der Waals surface area contributed by atoms with Gasteiger partial charge in [0.15, 0.2) is 4.77 Å². The molecule has 7 nitrogen and oxygen atoms in total. The Bertz CT molecular complexity index is 1080. The lowest BCUT2D eigenvalue weighted by Crippen LogP contribution is -2.35. The number of unbranched alkanes of at least 4 members (excludes halogenated alkanes) is 1. The number of hydrogen-bond donors (Lipinski definition) is 2. The van der Waals surface area contributed by atoms with Crippen LogP contribution >= 0.6 is 12.2 Å². The van der Waals surface area contributed by atoms with Gasteiger partial charge in [-0.25, -0.2) is 0 Å². The van der Waals surface area contributed by atoms with Gasteiger partial charge >= 0.3 is 0 Å². The Hall–Kier alpha value is -2.61. The van der Waals surface area contributed by atoms with E-state index in [1.165, 1.54) is 4.57 Å². The summed E-state index contributed by atoms with van der Waals surface area (Å²) in [6.07, 6.45) is 1.93. The fraction of sp³-hybridized carbons (Fsp3) is 0.389. The highest BCUT2D eigenvalue weighted by molar-refractivity contribution is 7.71. The van der Waals surface area contributed by atoms with Crippen molar-refractivity contribution < 1.29 is 9.53 Å². The van der Waals surface area contributed by atoms with Crippen LogP contribution in [-0.2, 0) is 11.3 Å². The Morgan fingerprint density at radius 1 is 1.31 bits per heavy atom. The molecule has 0 saturated carbocycles. The van der Waals surface area contributed by atoms with E-state index in [2.05, 4.69) is 16.9 Å². The fourth-order valence-electron chi connectivity index (χ4n) is 2.91. The molecule has 0 atom stereocenters. The second-order valence-corrected chi connectivity index (χ2v) is 6.66. The minimum Gasteiger partial charge on any atom is -0.497 e. The molecule has 3 aromatic rings. The summed E-state index contributed by atoms with van der Waals surface area (Å²) in [7, 11) is 3.33. The number of ether oxygens (including phenoxy) is 1. The number of carbonyl (C=O) groups is 1. The normalized spacial score (nSPS) is 11.2. The van der Waals surface area contributed by atoms with Crippen LogP contribution in [0.25, 0.3) is 21.9 Å². The standard InChI is InChI=1S/C18H22N4O3S/c1-4-5-8-21(2)14(23)10-22-17(24)16-15(20-18(22)26)12-9-11(25-3)6-7-13(12)19-16/h6-7,9,19H,4-5,8,10H2,1-3H3,(H,20,26). The molecule has 0 fully saturated rings. The van der Waals surface area contributed by atoms with Crippen molar-refractivity contribution >= 4 is 40.1 Å². The molecule has 0 spiro atoms. The van der Waals surface area contributed by atoms with E-state index in [9.17, 15) is 9.59 Å². The summed E-state index contributed by atoms with van der Waals surface area (Å²) in [5.74, 6) is 0.548. The van der Waals surface area contributed by atoms with E-state index >= 15 is 0 Å². The van der Waals surface area contributed by atoms with Crippen LogP contribution in [0.2, 0.25) is 0 Å². The van der Waals surface area contributed by atoms with Crippen LogP contribution in [0.1, 0.15) is 19.8 Å². The lowest BCUT2D eigenvalue weighted by atomic mass is 10.2. The van der Waals surface area contributed by atoms with Crippen LogP contribution in [0.4, 0.5) is 0 Å². The Morgan fingerprint density at radius 2 is 2.08 bits per heavy atom. The first-order valence-corrected chi connectivity index (χ1v) is 8.93. The third kappa shape index (κ3) is 3.24. The predicted molar refractivity (Wildman–Crippen MR) is 104 cm³/mol. The van der Waals surface area contributed by atoms with E-state index in [1.54, 1.807) is 19.1 Å². The van der Waals surface area contributed by atoms with Crippen LogP contribution < -0.4 is 10.3 Å². The van der Waals surface area contributed by atoms with Crippen molar-refractivity contribution in [1.82, 2.24) is 19.4 Å². The molecule has 0 unspecified atom stereocenters. The van der Waals surface area contributed by atoms with Crippen molar-refractivity contribution in [3.8, 4) is 5.75 Å². The number of H-pyrrole nitrogens is 2. The highest BCUT2D eigenvalue weighted by Crippen LogP contribution is 2.25. The molecule has 0 aliphatic heterocycles. The number of benzene rings is 1. The summed E-state index contributed by atoms with van der Waals surface area (Å²) in [5.41, 5.74) is 1.51. The number of nitrogens with zero attached hydrogens (tertiary/aromatic N) is 2. The summed E-state index contributed by atoms with van der Waals surface area (Å²) in [6, 6.07) is 5.50. The molecule has 2 N–H and O–H groups in total. The maximum absolute atomic E-state index is 12.9. The molecular weight excluding hydrogens is 352 g/mol. The van der Waals surface area contributed by atoms with Gasteiger partial charge in [-0.2, -0.15) is 0 Å². The number of hydrogen-bond acceptors (Lipinski definition) is 4. The SMILES string of the molecule is CCCCN(C)C(=O)Cn1c(=S)[nH]c2c([nH]c3ccc(OC)cc32)c1=O. The first-order valence-electron chi connectivity index (χ1n) is 8.52. The van der Waals surface area contributed by atoms with Crippen LogP contribution in [0, 0.1) is 4.77 Å². The number of rotatable bonds is 6. The minimum absolute atomic E-state index is 0.0803. The minimum atomic E-state index is -0.309. The van der Waals surface area contributed by atoms with Gasteiger partial charge in [0, 0.05) is 24.5 Å². The lowest BCUT2D eigenvalue weighted by Gasteiger charge is -2.17. The zero-order valence-electron chi connectivity index (χ0n) is 15.1. The van der Waals surface area contributed by atoms with Crippen molar-refractivity contribution in [3.05, 3.63) is 33.3 Å². The fourth-order valence-corrected chi connectivity index (χ4v) is 3.16. The second kappa shape index (κ2) is 7.33. The molecular formula is C18H22N4O3S. The average Bonchev–Trinajstić information content (AvgIpc) is 3.00. The molecule has 1 aromatic carbocycles. The first kappa shape index (κ1) is 18.2. The smallest absolute Gasteiger partial charge is 0.279 e. The lowest BCUT2D eigenvalue weighted by molar-refractivity contribution is -0.130. The van der Waals surface area contributed by atoms with Gasteiger partial charge in [0.1, 0.15) is 17.8 Å². The number of nitrogens with one attached hydrogen (secondary N) is 2. The van der Waals surface area contributed by atoms with Crippen molar-refractivity contribution in [2.45, 2.75) is 26.3 Å². The molecule has 2 heterocycles. The average molecular weight is 374 g/mol. The third-order valence-electron chi connectivity index (χ3n) is 4.51. The molecule has 0 bridgehead atoms. The molecule has 0 radical (unpaired) electrons. The van der Waals surface area contributed by atoms with Crippen LogP contribution in [0.3, 0.4) is 0 Å². The zero-order chi connectivity index (χ0) is 18.8. The van der Waals surface area contributed by atoms with Gasteiger partial charge < -0.3 is 19.6 Å². The van der Waals surface area contributed by atoms with Crippen LogP contribution in [0.15, 0.2) is 23.0 Å². The van der Waals surface area contributed by atoms with Gasteiger partial charge in [0.25, 0.3) is 5.56 Å². The highest BCUT2D eigenvalue weighted by Gasteiger charge is 2.16. The molecule has 1 amide bonds. The Balaban J connectivity index is 2.05. The van der Waals surface area contributed by atoms with E-state index in [0.29, 0.717) is 23.3 Å². The maximum Gasteiger partial charge on any atom is 0.279 e. The molecule has 138 valence electrons. The molecule has 0 aliphatic rings. The largest absolute Gasteiger partial charge is 0.497 e. The number of amides is 1. The number of fused-ring (bicyclic) bond motifs is 3. The van der Waals surface area contributed by atoms with Gasteiger partial charge in [0.05, 0.1) is 12.6 Å². The van der Waals surface area contributed by atoms with Crippen LogP contribution in [0.5, 0.6) is 5.75 Å². The van der Waals surface area contributed by atoms with E-state index in [-0.39, 0.29) is 22.8 Å². The predicted octanol–water partition coefficient (Wildman–Crippen LogP) is 2.81. The molecule has 26 heavy (non-hydrogen) atoms. The van der Waals surface area contributed by atoms with E-state index in [1.807, 2.05) is 18.2 Å². The summed E-state index contributed by atoms with van der Waals surface area (Å²) in [4.78, 5) is 33.1. The first-order chi connectivity index (χ1) is 12.5. The van der Waals surface area contributed by atoms with Gasteiger partial charge in [-0.1, -0.05) is 13.3 Å². The summed E-state index contributed by atoms with van der Waals surface area (Å²) >= 11 is 5.34. The van der Waals surface area contributed by atoms with E-state index in [0.717, 1.165) is 23.7 Å². The molecule has 3 rings (SSSR count). The number of methoxy groups -OCH3 is 1. The quantitative estimate of drug-likeness (QED) is 0.650. The van der Waals surface area contributed by atoms with Gasteiger partial charge in [-0.3, -0.25) is 14.2 Å². The summed E-state index contributed by atoms with van der Waals surface area (Å²) in [5, 5.41) is 0.820. The van der Waals surface area contributed by atoms with Crippen molar-refractivity contribution in [1.29, 1.82) is 0 Å². The van der Waals surface area contributed by atoms with E-state index in [4.69, 9.17) is 17.0 Å². The van der Waals surface area contributed by atoms with Crippen molar-refractivity contribution in [2.75, 3.05) is 20.7 Å². The topological polar surface area (TPSA) is 83.1 Å². The van der Waals surface area contributed by atoms with Crippen molar-refractivity contribution in [3.63, 3.8) is 0 Å². The molecule has 8 heteroatoms. The van der Waals surface area contributed by atoms with Crippen molar-refractivity contribution in [2.24, 2.45) is 0 Å². The maximum atomic E-state index is 12.9. The van der Waals surface area contributed by atoms with Gasteiger partial charge in [-0.15, -0.1) is 0 Å². The second-order valence-electron chi connectivity index (χ2n) is 6.28. The molecule has 0 saturated heterocycles. The van der Waals surface area contributed by atoms with E-state index < -0.39 is 0 Å². The molecule has 2 aromatic heterocycles. The number of aromatic amines is 2.